The minimum atomic E-state index is -0.867. The molecule has 0 aromatic heterocycles. The van der Waals surface area contributed by atoms with Gasteiger partial charge >= 0.3 is 0 Å². The zero-order valence-electron chi connectivity index (χ0n) is 31.2. The van der Waals surface area contributed by atoms with E-state index in [0.29, 0.717) is 33.0 Å². The summed E-state index contributed by atoms with van der Waals surface area (Å²) in [7, 11) is 0. The molecule has 8 nitrogen and oxygen atoms in total. The Morgan fingerprint density at radius 2 is 1.20 bits per heavy atom. The third kappa shape index (κ3) is 12.3. The van der Waals surface area contributed by atoms with Crippen LogP contribution in [0.15, 0.2) is 145 Å². The Morgan fingerprint density at radius 3 is 1.74 bits per heavy atom. The van der Waals surface area contributed by atoms with Crippen LogP contribution in [0.3, 0.4) is 0 Å². The Kier molecular flexibility index (Phi) is 15.6. The second-order valence-electron chi connectivity index (χ2n) is 13.9. The van der Waals surface area contributed by atoms with E-state index >= 15 is 0 Å². The Morgan fingerprint density at radius 1 is 0.685 bits per heavy atom. The molecule has 1 heterocycles. The fraction of sp³-hybridized carbons (Fsp3) is 0.370. The van der Waals surface area contributed by atoms with Crippen LogP contribution < -0.4 is 5.32 Å². The van der Waals surface area contributed by atoms with Crippen LogP contribution in [-0.2, 0) is 59.6 Å². The number of hydrogen-bond donors (Lipinski definition) is 1. The first kappa shape index (κ1) is 39.3. The van der Waals surface area contributed by atoms with Gasteiger partial charge in [-0.1, -0.05) is 152 Å². The van der Waals surface area contributed by atoms with Gasteiger partial charge in [-0.15, -0.1) is 0 Å². The van der Waals surface area contributed by atoms with Gasteiger partial charge in [0.25, 0.3) is 0 Å². The molecule has 1 saturated heterocycles. The van der Waals surface area contributed by atoms with Gasteiger partial charge in [0.2, 0.25) is 5.91 Å². The summed E-state index contributed by atoms with van der Waals surface area (Å²) >= 11 is 0. The van der Waals surface area contributed by atoms with Crippen molar-refractivity contribution in [2.24, 2.45) is 5.92 Å². The maximum Gasteiger partial charge on any atom is 0.225 e. The monoisotopic (exact) mass is 731 g/mol. The van der Waals surface area contributed by atoms with Crippen molar-refractivity contribution in [1.29, 1.82) is 0 Å². The fourth-order valence-electron chi connectivity index (χ4n) is 6.57. The van der Waals surface area contributed by atoms with Crippen LogP contribution in [0.2, 0.25) is 0 Å². The lowest BCUT2D eigenvalue weighted by atomic mass is 9.97. The predicted octanol–water partition coefficient (Wildman–Crippen LogP) is 8.12. The molecular formula is C46H53NO7. The van der Waals surface area contributed by atoms with Crippen molar-refractivity contribution in [3.05, 3.63) is 167 Å². The second kappa shape index (κ2) is 21.5. The largest absolute Gasteiger partial charge is 0.374 e. The van der Waals surface area contributed by atoms with Crippen molar-refractivity contribution in [2.75, 3.05) is 19.8 Å². The van der Waals surface area contributed by atoms with Gasteiger partial charge in [-0.3, -0.25) is 4.79 Å². The molecule has 4 aromatic carbocycles. The number of nitrogens with one attached hydrogen (secondary N) is 1. The summed E-state index contributed by atoms with van der Waals surface area (Å²) in [6, 6.07) is 40.2. The minimum absolute atomic E-state index is 0.0604. The molecular weight excluding hydrogens is 679 g/mol. The molecule has 0 saturated carbocycles. The van der Waals surface area contributed by atoms with E-state index in [4.69, 9.17) is 28.4 Å². The van der Waals surface area contributed by atoms with E-state index < -0.39 is 36.6 Å². The van der Waals surface area contributed by atoms with Gasteiger partial charge in [0, 0.05) is 6.54 Å². The lowest BCUT2D eigenvalue weighted by Crippen LogP contribution is -2.62. The molecule has 1 N–H and O–H groups in total. The molecule has 1 aliphatic carbocycles. The first-order chi connectivity index (χ1) is 26.6. The molecule has 0 spiro atoms. The summed E-state index contributed by atoms with van der Waals surface area (Å²) in [4.78, 5) is 13.2. The van der Waals surface area contributed by atoms with Crippen LogP contribution >= 0.6 is 0 Å². The number of carbonyl (C=O) groups excluding carboxylic acids is 1. The Hall–Kier alpha value is -4.41. The van der Waals surface area contributed by atoms with Crippen LogP contribution in [-0.4, -0.2) is 56.4 Å². The molecule has 6 atom stereocenters. The average molecular weight is 732 g/mol. The van der Waals surface area contributed by atoms with Gasteiger partial charge in [-0.25, -0.2) is 0 Å². The lowest BCUT2D eigenvalue weighted by molar-refractivity contribution is -0.329. The minimum Gasteiger partial charge on any atom is -0.374 e. The van der Waals surface area contributed by atoms with E-state index in [1.54, 1.807) is 0 Å². The number of ether oxygens (including phenoxy) is 6. The van der Waals surface area contributed by atoms with Crippen LogP contribution in [0.5, 0.6) is 0 Å². The van der Waals surface area contributed by atoms with E-state index in [0.717, 1.165) is 41.5 Å². The number of hydrogen-bond acceptors (Lipinski definition) is 7. The summed E-state index contributed by atoms with van der Waals surface area (Å²) in [5.41, 5.74) is 5.51. The molecule has 54 heavy (non-hydrogen) atoms. The topological polar surface area (TPSA) is 84.5 Å². The van der Waals surface area contributed by atoms with E-state index in [2.05, 4.69) is 23.5 Å². The summed E-state index contributed by atoms with van der Waals surface area (Å²) in [6.45, 7) is 4.24. The van der Waals surface area contributed by atoms with Gasteiger partial charge in [0.15, 0.2) is 6.29 Å². The zero-order chi connectivity index (χ0) is 37.2. The maximum absolute atomic E-state index is 13.2. The number of rotatable bonds is 21. The maximum atomic E-state index is 13.2. The van der Waals surface area contributed by atoms with Crippen LogP contribution in [0.4, 0.5) is 0 Å². The predicted molar refractivity (Wildman–Crippen MR) is 209 cm³/mol. The molecule has 1 fully saturated rings. The molecule has 1 amide bonds. The lowest BCUT2D eigenvalue weighted by Gasteiger charge is -2.46. The third-order valence-corrected chi connectivity index (χ3v) is 9.62. The smallest absolute Gasteiger partial charge is 0.225 e. The van der Waals surface area contributed by atoms with Crippen molar-refractivity contribution >= 4 is 5.91 Å². The van der Waals surface area contributed by atoms with Crippen molar-refractivity contribution in [3.8, 4) is 0 Å². The number of amides is 1. The van der Waals surface area contributed by atoms with Crippen LogP contribution in [0.25, 0.3) is 0 Å². The van der Waals surface area contributed by atoms with Gasteiger partial charge in [-0.2, -0.15) is 0 Å². The van der Waals surface area contributed by atoms with Crippen molar-refractivity contribution in [2.45, 2.75) is 83.3 Å². The Balaban J connectivity index is 1.21. The first-order valence-corrected chi connectivity index (χ1v) is 19.1. The van der Waals surface area contributed by atoms with Crippen molar-refractivity contribution in [1.82, 2.24) is 5.32 Å². The number of allylic oxidation sites excluding steroid dienone is 4. The van der Waals surface area contributed by atoms with E-state index in [1.807, 2.05) is 128 Å². The van der Waals surface area contributed by atoms with E-state index in [9.17, 15) is 4.79 Å². The highest BCUT2D eigenvalue weighted by Crippen LogP contribution is 2.32. The number of benzene rings is 4. The van der Waals surface area contributed by atoms with Gasteiger partial charge in [0.05, 0.1) is 45.6 Å². The van der Waals surface area contributed by atoms with E-state index in [1.165, 1.54) is 5.57 Å². The van der Waals surface area contributed by atoms with Gasteiger partial charge in [-0.05, 0) is 41.5 Å². The second-order valence-corrected chi connectivity index (χ2v) is 13.9. The number of carbonyl (C=O) groups is 1. The summed E-state index contributed by atoms with van der Waals surface area (Å²) in [6.07, 6.45) is 5.97. The Labute approximate surface area is 320 Å². The molecule has 2 aliphatic rings. The molecule has 1 aliphatic heterocycles. The van der Waals surface area contributed by atoms with E-state index in [-0.39, 0.29) is 19.1 Å². The molecule has 6 rings (SSSR count). The van der Waals surface area contributed by atoms with Gasteiger partial charge in [0.1, 0.15) is 24.4 Å². The van der Waals surface area contributed by atoms with Crippen LogP contribution in [0, 0.1) is 5.92 Å². The summed E-state index contributed by atoms with van der Waals surface area (Å²) in [5, 5.41) is 3.09. The highest BCUT2D eigenvalue weighted by Gasteiger charge is 2.49. The summed E-state index contributed by atoms with van der Waals surface area (Å²) < 4.78 is 39.8. The SMILES string of the molecule is C[C@H](COC1O[C@H](COCc2ccccc2)[C@@H](OCc2ccccc2)[C@H](OCc2ccccc2)[C@@H]1OCc1ccccc1)C(=O)NCCCC1=CC=CC1. The van der Waals surface area contributed by atoms with Gasteiger partial charge < -0.3 is 33.7 Å². The zero-order valence-corrected chi connectivity index (χ0v) is 31.2. The average Bonchev–Trinajstić information content (AvgIpc) is 3.75. The molecule has 284 valence electrons. The molecule has 0 bridgehead atoms. The highest BCUT2D eigenvalue weighted by molar-refractivity contribution is 5.78. The highest BCUT2D eigenvalue weighted by atomic mass is 16.7. The Bertz CT molecular complexity index is 1720. The standard InChI is InChI=1S/C46H53NO7/c1-35(45(48)47-28-16-27-36-17-14-15-18-36)29-53-46-44(52-33-40-25-12-5-13-26-40)43(51-32-39-23-10-4-11-24-39)42(50-31-38-21-8-3-9-22-38)41(54-46)34-49-30-37-19-6-2-7-20-37/h2-15,17,19-26,35,41-44,46H,16,18,27-34H2,1H3,(H,47,48)/t35-,41-,42-,43+,44+,46?/m1/s1. The molecule has 8 heteroatoms. The third-order valence-electron chi connectivity index (χ3n) is 9.62. The normalized spacial score (nSPS) is 21.4. The first-order valence-electron chi connectivity index (χ1n) is 19.1. The quantitative estimate of drug-likeness (QED) is 0.0867. The molecule has 4 aromatic rings. The van der Waals surface area contributed by atoms with Crippen molar-refractivity contribution < 1.29 is 33.2 Å². The van der Waals surface area contributed by atoms with Crippen molar-refractivity contribution in [3.63, 3.8) is 0 Å². The van der Waals surface area contributed by atoms with Crippen LogP contribution in [0.1, 0.15) is 48.4 Å². The molecule has 1 unspecified atom stereocenters. The molecule has 0 radical (unpaired) electrons. The fourth-order valence-corrected chi connectivity index (χ4v) is 6.57. The summed E-state index contributed by atoms with van der Waals surface area (Å²) in [5.74, 6) is -0.478.